The molecule has 0 aromatic heterocycles. The van der Waals surface area contributed by atoms with Crippen LogP contribution in [-0.2, 0) is 0 Å². The van der Waals surface area contributed by atoms with Crippen LogP contribution in [0.15, 0.2) is 0 Å². The van der Waals surface area contributed by atoms with Crippen molar-refractivity contribution in [3.8, 4) is 0 Å². The van der Waals surface area contributed by atoms with Gasteiger partial charge in [-0.25, -0.2) is 4.39 Å². The molecule has 0 amide bonds. The molecule has 0 unspecified atom stereocenters. The lowest BCUT2D eigenvalue weighted by atomic mass is 9.39. The monoisotopic (exact) mass is 146 g/mol. The first-order chi connectivity index (χ1) is 4.37. The van der Waals surface area contributed by atoms with Gasteiger partial charge in [-0.3, -0.25) is 0 Å². The Kier molecular flexibility index (Phi) is 0.822. The molecule has 10 heavy (non-hydrogen) atoms. The Morgan fingerprint density at radius 3 is 1.80 bits per heavy atom. The highest BCUT2D eigenvalue weighted by Crippen LogP contribution is 2.72. The number of hydrogen-bond donors (Lipinski definition) is 2. The first kappa shape index (κ1) is 6.55. The number of rotatable bonds is 1. The Morgan fingerprint density at radius 1 is 1.30 bits per heavy atom. The molecule has 3 rings (SSSR count). The topological polar surface area (TPSA) is 40.5 Å². The van der Waals surface area contributed by atoms with Crippen LogP contribution in [0.1, 0.15) is 26.2 Å². The molecule has 3 fully saturated rings. The van der Waals surface area contributed by atoms with Gasteiger partial charge < -0.3 is 10.2 Å². The quantitative estimate of drug-likeness (QED) is 0.531. The van der Waals surface area contributed by atoms with E-state index in [0.29, 0.717) is 19.3 Å². The average Bonchev–Trinajstić information content (AvgIpc) is 1.51. The van der Waals surface area contributed by atoms with Crippen molar-refractivity contribution in [2.24, 2.45) is 5.41 Å². The minimum absolute atomic E-state index is 0.337. The molecule has 3 saturated carbocycles. The van der Waals surface area contributed by atoms with Gasteiger partial charge in [0.1, 0.15) is 5.67 Å². The second kappa shape index (κ2) is 1.25. The lowest BCUT2D eigenvalue weighted by molar-refractivity contribution is -0.361. The van der Waals surface area contributed by atoms with Crippen LogP contribution in [0.25, 0.3) is 0 Å². The summed E-state index contributed by atoms with van der Waals surface area (Å²) >= 11 is 0. The maximum atomic E-state index is 12.8. The fourth-order valence-electron chi connectivity index (χ4n) is 2.17. The molecular weight excluding hydrogens is 135 g/mol. The van der Waals surface area contributed by atoms with Crippen molar-refractivity contribution in [3.63, 3.8) is 0 Å². The van der Waals surface area contributed by atoms with Crippen LogP contribution in [0.5, 0.6) is 0 Å². The molecule has 2 nitrogen and oxygen atoms in total. The van der Waals surface area contributed by atoms with Crippen molar-refractivity contribution in [2.75, 3.05) is 0 Å². The van der Waals surface area contributed by atoms with Crippen LogP contribution >= 0.6 is 0 Å². The van der Waals surface area contributed by atoms with E-state index in [4.69, 9.17) is 10.2 Å². The zero-order valence-electron chi connectivity index (χ0n) is 5.89. The third kappa shape index (κ3) is 0.511. The molecule has 0 saturated heterocycles. The van der Waals surface area contributed by atoms with Gasteiger partial charge in [-0.05, 0) is 26.2 Å². The molecule has 0 spiro atoms. The van der Waals surface area contributed by atoms with Crippen molar-refractivity contribution in [3.05, 3.63) is 0 Å². The van der Waals surface area contributed by atoms with Gasteiger partial charge in [-0.1, -0.05) is 0 Å². The minimum atomic E-state index is -1.67. The molecule has 2 N–H and O–H groups in total. The van der Waals surface area contributed by atoms with Crippen molar-refractivity contribution < 1.29 is 14.6 Å². The van der Waals surface area contributed by atoms with E-state index in [1.165, 1.54) is 6.92 Å². The molecule has 0 aromatic rings. The van der Waals surface area contributed by atoms with Gasteiger partial charge in [0.15, 0.2) is 5.79 Å². The number of alkyl halides is 1. The predicted molar refractivity (Wildman–Crippen MR) is 33.0 cm³/mol. The smallest absolute Gasteiger partial charge is 0.165 e. The van der Waals surface area contributed by atoms with Crippen LogP contribution in [0.2, 0.25) is 0 Å². The van der Waals surface area contributed by atoms with Gasteiger partial charge in [0.05, 0.1) is 0 Å². The molecule has 0 aliphatic heterocycles. The molecule has 3 aliphatic rings. The van der Waals surface area contributed by atoms with Crippen molar-refractivity contribution in [1.29, 1.82) is 0 Å². The standard InChI is InChI=1S/C7H11FO2/c1-5(9,10)6-2-7(8,3-6)4-6/h9-10H,2-4H2,1H3. The summed E-state index contributed by atoms with van der Waals surface area (Å²) in [6.07, 6.45) is 1.01. The van der Waals surface area contributed by atoms with Crippen molar-refractivity contribution in [2.45, 2.75) is 37.6 Å². The highest BCUT2D eigenvalue weighted by atomic mass is 19.1. The van der Waals surface area contributed by atoms with Gasteiger partial charge in [0.25, 0.3) is 0 Å². The predicted octanol–water partition coefficient (Wildman–Crippen LogP) is 0.579. The van der Waals surface area contributed by atoms with Crippen molar-refractivity contribution >= 4 is 0 Å². The molecule has 0 atom stereocenters. The van der Waals surface area contributed by atoms with E-state index in [1.54, 1.807) is 0 Å². The van der Waals surface area contributed by atoms with Gasteiger partial charge in [0.2, 0.25) is 0 Å². The van der Waals surface area contributed by atoms with E-state index in [9.17, 15) is 4.39 Å². The summed E-state index contributed by atoms with van der Waals surface area (Å²) in [4.78, 5) is 0. The molecule has 2 bridgehead atoms. The fourth-order valence-corrected chi connectivity index (χ4v) is 2.17. The number of aliphatic hydroxyl groups is 2. The Labute approximate surface area is 58.7 Å². The summed E-state index contributed by atoms with van der Waals surface area (Å²) in [5.41, 5.74) is -1.53. The molecule has 0 heterocycles. The highest BCUT2D eigenvalue weighted by Gasteiger charge is 2.75. The second-order valence-corrected chi connectivity index (χ2v) is 3.98. The Morgan fingerprint density at radius 2 is 1.70 bits per heavy atom. The normalized spacial score (nSPS) is 51.6. The third-order valence-electron chi connectivity index (χ3n) is 2.97. The lowest BCUT2D eigenvalue weighted by Crippen LogP contribution is -2.72. The number of hydrogen-bond acceptors (Lipinski definition) is 2. The summed E-state index contributed by atoms with van der Waals surface area (Å²) in [5.74, 6) is -1.67. The van der Waals surface area contributed by atoms with Crippen LogP contribution in [0.4, 0.5) is 4.39 Å². The highest BCUT2D eigenvalue weighted by molar-refractivity contribution is 5.22. The lowest BCUT2D eigenvalue weighted by Gasteiger charge is -2.69. The maximum Gasteiger partial charge on any atom is 0.165 e. The van der Waals surface area contributed by atoms with E-state index in [0.717, 1.165) is 0 Å². The summed E-state index contributed by atoms with van der Waals surface area (Å²) in [6.45, 7) is 1.34. The van der Waals surface area contributed by atoms with Crippen LogP contribution in [0, 0.1) is 5.41 Å². The third-order valence-corrected chi connectivity index (χ3v) is 2.97. The van der Waals surface area contributed by atoms with E-state index >= 15 is 0 Å². The summed E-state index contributed by atoms with van der Waals surface area (Å²) < 4.78 is 12.8. The zero-order chi connectivity index (χ0) is 7.62. The van der Waals surface area contributed by atoms with Crippen molar-refractivity contribution in [1.82, 2.24) is 0 Å². The minimum Gasteiger partial charge on any atom is -0.365 e. The summed E-state index contributed by atoms with van der Waals surface area (Å²) in [6, 6.07) is 0. The molecule has 0 radical (unpaired) electrons. The Balaban J connectivity index is 2.11. The molecule has 3 aliphatic carbocycles. The molecule has 0 aromatic carbocycles. The Hall–Kier alpha value is -0.150. The summed E-state index contributed by atoms with van der Waals surface area (Å²) in [5, 5.41) is 18.3. The Bertz CT molecular complexity index is 163. The SMILES string of the molecule is CC(O)(O)C12CC(F)(C1)C2. The van der Waals surface area contributed by atoms with Gasteiger partial charge in [-0.2, -0.15) is 0 Å². The fraction of sp³-hybridized carbons (Fsp3) is 1.00. The second-order valence-electron chi connectivity index (χ2n) is 3.98. The van der Waals surface area contributed by atoms with Gasteiger partial charge in [0, 0.05) is 5.41 Å². The zero-order valence-corrected chi connectivity index (χ0v) is 5.89. The van der Waals surface area contributed by atoms with Crippen LogP contribution in [0.3, 0.4) is 0 Å². The van der Waals surface area contributed by atoms with E-state index in [-0.39, 0.29) is 0 Å². The van der Waals surface area contributed by atoms with Crippen LogP contribution < -0.4 is 0 Å². The average molecular weight is 146 g/mol. The van der Waals surface area contributed by atoms with E-state index in [1.807, 2.05) is 0 Å². The summed E-state index contributed by atoms with van der Waals surface area (Å²) in [7, 11) is 0. The van der Waals surface area contributed by atoms with Gasteiger partial charge in [-0.15, -0.1) is 0 Å². The van der Waals surface area contributed by atoms with Gasteiger partial charge >= 0.3 is 0 Å². The molecule has 58 valence electrons. The first-order valence-electron chi connectivity index (χ1n) is 3.51. The number of halogens is 1. The van der Waals surface area contributed by atoms with Crippen LogP contribution in [-0.4, -0.2) is 21.7 Å². The molecular formula is C7H11FO2. The van der Waals surface area contributed by atoms with E-state index in [2.05, 4.69) is 0 Å². The van der Waals surface area contributed by atoms with E-state index < -0.39 is 16.9 Å². The largest absolute Gasteiger partial charge is 0.365 e. The molecule has 3 heteroatoms. The maximum absolute atomic E-state index is 12.8. The first-order valence-corrected chi connectivity index (χ1v) is 3.51.